The summed E-state index contributed by atoms with van der Waals surface area (Å²) in [5.74, 6) is -0.481. The second-order valence-electron chi connectivity index (χ2n) is 2.33. The van der Waals surface area contributed by atoms with E-state index < -0.39 is 5.97 Å². The van der Waals surface area contributed by atoms with Gasteiger partial charge in [0.1, 0.15) is 0 Å². The van der Waals surface area contributed by atoms with Crippen LogP contribution in [0.5, 0.6) is 0 Å². The molecule has 3 heteroatoms. The molecular formula is C9H11O2W-. The van der Waals surface area contributed by atoms with Crippen molar-refractivity contribution in [1.82, 2.24) is 0 Å². The molecule has 0 aromatic carbocycles. The number of allylic oxidation sites excluding steroid dienone is 1. The predicted octanol–water partition coefficient (Wildman–Crippen LogP) is 1.20. The van der Waals surface area contributed by atoms with Gasteiger partial charge in [-0.3, -0.25) is 0 Å². The summed E-state index contributed by atoms with van der Waals surface area (Å²) in [6.07, 6.45) is 1.63. The number of ether oxygens (including phenoxy) is 1. The monoisotopic (exact) mass is 335 g/mol. The van der Waals surface area contributed by atoms with Crippen LogP contribution < -0.4 is 0 Å². The summed E-state index contributed by atoms with van der Waals surface area (Å²) in [7, 11) is 1.31. The van der Waals surface area contributed by atoms with Gasteiger partial charge >= 0.3 is 83.5 Å². The molecule has 0 radical (unpaired) electrons. The van der Waals surface area contributed by atoms with E-state index in [4.69, 9.17) is 6.58 Å². The van der Waals surface area contributed by atoms with Gasteiger partial charge in [-0.25, -0.2) is 0 Å². The average Bonchev–Trinajstić information content (AvgIpc) is 2.02. The standard InChI is InChI=1S/C9H11O2.W/c1-5-7(2)6-8(3)9(10)11-4;/h3,6H,1-2,4H3;/q-1;/b7-6-;. The zero-order valence-electron chi connectivity index (χ0n) is 7.38. The van der Waals surface area contributed by atoms with Gasteiger partial charge < -0.3 is 0 Å². The van der Waals surface area contributed by atoms with Crippen molar-refractivity contribution >= 4 is 9.87 Å². The van der Waals surface area contributed by atoms with Gasteiger partial charge in [-0.15, -0.1) is 0 Å². The molecule has 0 aliphatic rings. The Morgan fingerprint density at radius 3 is 2.33 bits per heavy atom. The second kappa shape index (κ2) is 5.21. The van der Waals surface area contributed by atoms with E-state index in [0.29, 0.717) is 0 Å². The Morgan fingerprint density at radius 2 is 2.00 bits per heavy atom. The molecule has 0 aliphatic heterocycles. The van der Waals surface area contributed by atoms with Crippen molar-refractivity contribution < 1.29 is 28.9 Å². The normalized spacial score (nSPS) is 10.8. The molecule has 66 valence electrons. The molecule has 12 heavy (non-hydrogen) atoms. The van der Waals surface area contributed by atoms with Gasteiger partial charge in [-0.05, 0) is 0 Å². The van der Waals surface area contributed by atoms with Crippen LogP contribution in [-0.2, 0) is 28.9 Å². The van der Waals surface area contributed by atoms with Crippen molar-refractivity contribution in [3.63, 3.8) is 0 Å². The molecule has 0 heterocycles. The van der Waals surface area contributed by atoms with Crippen molar-refractivity contribution in [2.75, 3.05) is 7.11 Å². The molecule has 0 bridgehead atoms. The minimum absolute atomic E-state index is 0.149. The van der Waals surface area contributed by atoms with Gasteiger partial charge in [0.25, 0.3) is 0 Å². The first kappa shape index (κ1) is 11.5. The number of hydrogen-bond donors (Lipinski definition) is 0. The molecular weight excluding hydrogens is 324 g/mol. The molecule has 0 amide bonds. The van der Waals surface area contributed by atoms with E-state index >= 15 is 0 Å². The number of rotatable bonds is 3. The Hall–Kier alpha value is -0.492. The molecule has 0 saturated carbocycles. The van der Waals surface area contributed by atoms with E-state index in [1.807, 2.05) is 13.8 Å². The summed E-state index contributed by atoms with van der Waals surface area (Å²) < 4.78 is 5.65. The molecule has 2 nitrogen and oxygen atoms in total. The summed E-state index contributed by atoms with van der Waals surface area (Å²) in [6.45, 7) is 9.33. The van der Waals surface area contributed by atoms with Gasteiger partial charge in [0.15, 0.2) is 0 Å². The average molecular weight is 335 g/mol. The summed E-state index contributed by atoms with van der Waals surface area (Å²) in [5, 5.41) is 0. The number of carbonyl (C=O) groups excluding carboxylic acids is 1. The van der Waals surface area contributed by atoms with Crippen LogP contribution in [0.15, 0.2) is 17.2 Å². The van der Waals surface area contributed by atoms with Gasteiger partial charge in [0.05, 0.1) is 0 Å². The summed E-state index contributed by atoms with van der Waals surface area (Å²) in [4.78, 5) is 10.8. The van der Waals surface area contributed by atoms with Crippen LogP contribution in [0.4, 0.5) is 0 Å². The Kier molecular flexibility index (Phi) is 4.99. The quantitative estimate of drug-likeness (QED) is 0.335. The summed E-state index contributed by atoms with van der Waals surface area (Å²) >= 11 is 1.37. The third kappa shape index (κ3) is 3.77. The fraction of sp³-hybridized carbons (Fsp3) is 0.333. The topological polar surface area (TPSA) is 26.3 Å². The van der Waals surface area contributed by atoms with E-state index in [2.05, 4.69) is 4.74 Å². The van der Waals surface area contributed by atoms with E-state index in [1.54, 1.807) is 6.08 Å². The minimum atomic E-state index is -0.481. The molecule has 0 rings (SSSR count). The van der Waals surface area contributed by atoms with Gasteiger partial charge in [0.2, 0.25) is 0 Å². The van der Waals surface area contributed by atoms with Gasteiger partial charge in [0, 0.05) is 0 Å². The molecule has 0 spiro atoms. The number of esters is 1. The third-order valence-electron chi connectivity index (χ3n) is 1.35. The Bertz CT molecular complexity index is 251. The number of carbonyl (C=O) groups is 1. The zero-order valence-corrected chi connectivity index (χ0v) is 10.3. The van der Waals surface area contributed by atoms with Gasteiger partial charge in [-0.2, -0.15) is 0 Å². The maximum absolute atomic E-state index is 10.8. The van der Waals surface area contributed by atoms with Crippen LogP contribution in [-0.4, -0.2) is 17.0 Å². The SMILES string of the molecule is [CH-]=C(/C=C(/C)[C](C)=[W])C(=O)OC. The van der Waals surface area contributed by atoms with E-state index in [0.717, 1.165) is 5.57 Å². The first-order chi connectivity index (χ1) is 5.49. The molecule has 0 unspecified atom stereocenters. The van der Waals surface area contributed by atoms with Gasteiger partial charge in [-0.1, -0.05) is 0 Å². The molecule has 0 aromatic heterocycles. The predicted molar refractivity (Wildman–Crippen MR) is 44.3 cm³/mol. The fourth-order valence-electron chi connectivity index (χ4n) is 0.512. The Morgan fingerprint density at radius 1 is 1.50 bits per heavy atom. The first-order valence-corrected chi connectivity index (χ1v) is 4.85. The van der Waals surface area contributed by atoms with Crippen molar-refractivity contribution in [1.29, 1.82) is 0 Å². The van der Waals surface area contributed by atoms with Crippen LogP contribution in [0.1, 0.15) is 13.8 Å². The molecule has 0 saturated heterocycles. The molecule has 0 aromatic rings. The van der Waals surface area contributed by atoms with E-state index in [9.17, 15) is 4.79 Å². The van der Waals surface area contributed by atoms with Crippen molar-refractivity contribution in [2.24, 2.45) is 0 Å². The van der Waals surface area contributed by atoms with Crippen LogP contribution in [0, 0.1) is 6.58 Å². The van der Waals surface area contributed by atoms with Crippen molar-refractivity contribution in [3.05, 3.63) is 23.8 Å². The van der Waals surface area contributed by atoms with E-state index in [1.165, 1.54) is 30.4 Å². The second-order valence-corrected chi connectivity index (χ2v) is 4.53. The summed E-state index contributed by atoms with van der Waals surface area (Å²) in [5.41, 5.74) is 1.17. The van der Waals surface area contributed by atoms with Crippen molar-refractivity contribution in [3.8, 4) is 0 Å². The zero-order chi connectivity index (χ0) is 9.72. The number of methoxy groups -OCH3 is 1. The molecule has 0 atom stereocenters. The molecule has 0 aliphatic carbocycles. The number of hydrogen-bond acceptors (Lipinski definition) is 2. The maximum atomic E-state index is 10.8. The Balaban J connectivity index is 4.44. The van der Waals surface area contributed by atoms with Crippen LogP contribution >= 0.6 is 0 Å². The van der Waals surface area contributed by atoms with Crippen LogP contribution in [0.3, 0.4) is 0 Å². The molecule has 0 fully saturated rings. The Labute approximate surface area is 83.7 Å². The third-order valence-corrected chi connectivity index (χ3v) is 2.51. The van der Waals surface area contributed by atoms with Crippen LogP contribution in [0.25, 0.3) is 0 Å². The summed E-state index contributed by atoms with van der Waals surface area (Å²) in [6, 6.07) is 0. The first-order valence-electron chi connectivity index (χ1n) is 3.39. The van der Waals surface area contributed by atoms with E-state index in [-0.39, 0.29) is 5.57 Å². The van der Waals surface area contributed by atoms with Crippen LogP contribution in [0.2, 0.25) is 0 Å². The fourth-order valence-corrected chi connectivity index (χ4v) is 0.723. The van der Waals surface area contributed by atoms with Crippen molar-refractivity contribution in [2.45, 2.75) is 13.8 Å². The molecule has 0 N–H and O–H groups in total.